The second kappa shape index (κ2) is 7.28. The molecule has 1 N–H and O–H groups in total. The molecule has 2 rings (SSSR count). The van der Waals surface area contributed by atoms with Gasteiger partial charge in [0.1, 0.15) is 0 Å². The predicted octanol–water partition coefficient (Wildman–Crippen LogP) is 2.80. The van der Waals surface area contributed by atoms with Crippen LogP contribution in [0.15, 0.2) is 0 Å². The molecule has 3 heteroatoms. The molecule has 1 aliphatic carbocycles. The topological polar surface area (TPSA) is 32.3 Å². The predicted molar refractivity (Wildman–Crippen MR) is 79.0 cm³/mol. The lowest BCUT2D eigenvalue weighted by Crippen LogP contribution is -2.40. The van der Waals surface area contributed by atoms with Crippen molar-refractivity contribution in [2.45, 2.75) is 64.3 Å². The molecule has 3 unspecified atom stereocenters. The zero-order valence-corrected chi connectivity index (χ0v) is 12.7. The zero-order valence-electron chi connectivity index (χ0n) is 12.7. The van der Waals surface area contributed by atoms with Crippen LogP contribution >= 0.6 is 0 Å². The fraction of sp³-hybridized carbons (Fsp3) is 0.938. The first-order valence-corrected chi connectivity index (χ1v) is 8.13. The summed E-state index contributed by atoms with van der Waals surface area (Å²) in [5, 5.41) is 3.43. The van der Waals surface area contributed by atoms with E-state index in [1.165, 1.54) is 38.5 Å². The molecule has 2 aliphatic rings. The minimum Gasteiger partial charge on any atom is -0.343 e. The van der Waals surface area contributed by atoms with Crippen LogP contribution in [0.3, 0.4) is 0 Å². The Balaban J connectivity index is 1.72. The number of piperidine rings is 1. The van der Waals surface area contributed by atoms with Gasteiger partial charge >= 0.3 is 0 Å². The van der Waals surface area contributed by atoms with Crippen molar-refractivity contribution in [3.05, 3.63) is 0 Å². The molecule has 19 heavy (non-hydrogen) atoms. The monoisotopic (exact) mass is 266 g/mol. The third-order valence-electron chi connectivity index (χ3n) is 5.02. The lowest BCUT2D eigenvalue weighted by molar-refractivity contribution is -0.133. The molecule has 1 saturated carbocycles. The van der Waals surface area contributed by atoms with E-state index in [-0.39, 0.29) is 0 Å². The van der Waals surface area contributed by atoms with Gasteiger partial charge in [0.2, 0.25) is 5.91 Å². The standard InChI is InChI=1S/C16H30N2O/c1-13-5-3-7-15(11-13)18(2)16(19)9-8-14-6-4-10-17-12-14/h13-15,17H,3-12H2,1-2H3. The van der Waals surface area contributed by atoms with Crippen molar-refractivity contribution in [1.29, 1.82) is 0 Å². The third-order valence-corrected chi connectivity index (χ3v) is 5.02. The molecule has 0 aromatic heterocycles. The summed E-state index contributed by atoms with van der Waals surface area (Å²) in [5.74, 6) is 1.87. The van der Waals surface area contributed by atoms with Gasteiger partial charge in [-0.3, -0.25) is 4.79 Å². The molecule has 0 aromatic rings. The molecule has 1 amide bonds. The van der Waals surface area contributed by atoms with E-state index >= 15 is 0 Å². The maximum atomic E-state index is 12.3. The number of hydrogen-bond donors (Lipinski definition) is 1. The highest BCUT2D eigenvalue weighted by atomic mass is 16.2. The fourth-order valence-corrected chi connectivity index (χ4v) is 3.63. The van der Waals surface area contributed by atoms with Crippen LogP contribution in [0, 0.1) is 11.8 Å². The Morgan fingerprint density at radius 2 is 2.11 bits per heavy atom. The maximum absolute atomic E-state index is 12.3. The molecule has 110 valence electrons. The van der Waals surface area contributed by atoms with Gasteiger partial charge in [-0.1, -0.05) is 19.8 Å². The number of nitrogens with zero attached hydrogens (tertiary/aromatic N) is 1. The van der Waals surface area contributed by atoms with Gasteiger partial charge in [-0.25, -0.2) is 0 Å². The first kappa shape index (κ1) is 14.8. The number of hydrogen-bond acceptors (Lipinski definition) is 2. The van der Waals surface area contributed by atoms with Crippen molar-refractivity contribution < 1.29 is 4.79 Å². The van der Waals surface area contributed by atoms with Crippen LogP contribution in [0.1, 0.15) is 58.3 Å². The molecule has 3 atom stereocenters. The molecule has 3 nitrogen and oxygen atoms in total. The van der Waals surface area contributed by atoms with Gasteiger partial charge in [-0.15, -0.1) is 0 Å². The highest BCUT2D eigenvalue weighted by molar-refractivity contribution is 5.76. The highest BCUT2D eigenvalue weighted by Crippen LogP contribution is 2.27. The van der Waals surface area contributed by atoms with Gasteiger partial charge in [0, 0.05) is 19.5 Å². The normalized spacial score (nSPS) is 32.0. The summed E-state index contributed by atoms with van der Waals surface area (Å²) in [4.78, 5) is 14.3. The summed E-state index contributed by atoms with van der Waals surface area (Å²) in [6.07, 6.45) is 9.42. The van der Waals surface area contributed by atoms with Crippen LogP contribution in [-0.4, -0.2) is 37.0 Å². The highest BCUT2D eigenvalue weighted by Gasteiger charge is 2.25. The van der Waals surface area contributed by atoms with Crippen molar-refractivity contribution in [3.63, 3.8) is 0 Å². The quantitative estimate of drug-likeness (QED) is 0.848. The first-order valence-electron chi connectivity index (χ1n) is 8.13. The van der Waals surface area contributed by atoms with Gasteiger partial charge in [-0.2, -0.15) is 0 Å². The maximum Gasteiger partial charge on any atom is 0.222 e. The second-order valence-corrected chi connectivity index (χ2v) is 6.68. The number of carbonyl (C=O) groups is 1. The Morgan fingerprint density at radius 3 is 2.79 bits per heavy atom. The van der Waals surface area contributed by atoms with Gasteiger partial charge in [0.15, 0.2) is 0 Å². The largest absolute Gasteiger partial charge is 0.343 e. The van der Waals surface area contributed by atoms with E-state index in [4.69, 9.17) is 0 Å². The third kappa shape index (κ3) is 4.48. The van der Waals surface area contributed by atoms with Crippen molar-refractivity contribution in [3.8, 4) is 0 Å². The van der Waals surface area contributed by atoms with E-state index in [1.54, 1.807) is 0 Å². The SMILES string of the molecule is CC1CCCC(N(C)C(=O)CCC2CCCNC2)C1. The first-order chi connectivity index (χ1) is 9.16. The molecule has 0 aromatic carbocycles. The van der Waals surface area contributed by atoms with Crippen molar-refractivity contribution in [2.75, 3.05) is 20.1 Å². The van der Waals surface area contributed by atoms with Crippen LogP contribution in [0.25, 0.3) is 0 Å². The van der Waals surface area contributed by atoms with Gasteiger partial charge in [0.25, 0.3) is 0 Å². The van der Waals surface area contributed by atoms with Gasteiger partial charge in [0.05, 0.1) is 0 Å². The van der Waals surface area contributed by atoms with Crippen LogP contribution < -0.4 is 5.32 Å². The van der Waals surface area contributed by atoms with Crippen LogP contribution in [-0.2, 0) is 4.79 Å². The van der Waals surface area contributed by atoms with Crippen LogP contribution in [0.4, 0.5) is 0 Å². The Kier molecular flexibility index (Phi) is 5.68. The van der Waals surface area contributed by atoms with Crippen molar-refractivity contribution in [2.24, 2.45) is 11.8 Å². The summed E-state index contributed by atoms with van der Waals surface area (Å²) in [7, 11) is 2.02. The Morgan fingerprint density at radius 1 is 1.26 bits per heavy atom. The van der Waals surface area contributed by atoms with Crippen LogP contribution in [0.5, 0.6) is 0 Å². The number of rotatable bonds is 4. The average molecular weight is 266 g/mol. The van der Waals surface area contributed by atoms with E-state index < -0.39 is 0 Å². The van der Waals surface area contributed by atoms with E-state index in [0.717, 1.165) is 37.8 Å². The van der Waals surface area contributed by atoms with E-state index in [0.29, 0.717) is 11.9 Å². The number of nitrogens with one attached hydrogen (secondary N) is 1. The number of carbonyl (C=O) groups excluding carboxylic acids is 1. The summed E-state index contributed by atoms with van der Waals surface area (Å²) in [5.41, 5.74) is 0. The molecule has 1 saturated heterocycles. The lowest BCUT2D eigenvalue weighted by atomic mass is 9.86. The van der Waals surface area contributed by atoms with Crippen molar-refractivity contribution >= 4 is 5.91 Å². The summed E-state index contributed by atoms with van der Waals surface area (Å²) in [6, 6.07) is 0.501. The molecule has 2 fully saturated rings. The van der Waals surface area contributed by atoms with E-state index in [9.17, 15) is 4.79 Å². The molecular weight excluding hydrogens is 236 g/mol. The van der Waals surface area contributed by atoms with Crippen molar-refractivity contribution in [1.82, 2.24) is 10.2 Å². The molecule has 0 spiro atoms. The molecule has 1 heterocycles. The molecule has 1 aliphatic heterocycles. The van der Waals surface area contributed by atoms with Crippen LogP contribution in [0.2, 0.25) is 0 Å². The minimum atomic E-state index is 0.365. The minimum absolute atomic E-state index is 0.365. The summed E-state index contributed by atoms with van der Waals surface area (Å²) < 4.78 is 0. The van der Waals surface area contributed by atoms with Gasteiger partial charge < -0.3 is 10.2 Å². The molecular formula is C16H30N2O. The summed E-state index contributed by atoms with van der Waals surface area (Å²) >= 11 is 0. The lowest BCUT2D eigenvalue weighted by Gasteiger charge is -2.34. The Hall–Kier alpha value is -0.570. The van der Waals surface area contributed by atoms with Gasteiger partial charge in [-0.05, 0) is 57.0 Å². The smallest absolute Gasteiger partial charge is 0.222 e. The molecule has 0 radical (unpaired) electrons. The fourth-order valence-electron chi connectivity index (χ4n) is 3.63. The Bertz CT molecular complexity index is 286. The molecule has 0 bridgehead atoms. The van der Waals surface area contributed by atoms with E-state index in [2.05, 4.69) is 12.2 Å². The average Bonchev–Trinajstić information content (AvgIpc) is 2.45. The zero-order chi connectivity index (χ0) is 13.7. The summed E-state index contributed by atoms with van der Waals surface area (Å²) in [6.45, 7) is 4.58. The Labute approximate surface area is 118 Å². The van der Waals surface area contributed by atoms with E-state index in [1.807, 2.05) is 11.9 Å². The number of amides is 1. The second-order valence-electron chi connectivity index (χ2n) is 6.68.